The molecule has 1 aliphatic rings. The molecule has 1 atom stereocenters. The van der Waals surface area contributed by atoms with Gasteiger partial charge in [-0.2, -0.15) is 0 Å². The van der Waals surface area contributed by atoms with Crippen LogP contribution >= 0.6 is 23.2 Å². The molecule has 2 N–H and O–H groups in total. The van der Waals surface area contributed by atoms with Crippen molar-refractivity contribution in [2.75, 3.05) is 33.4 Å². The van der Waals surface area contributed by atoms with Gasteiger partial charge in [-0.05, 0) is 80.6 Å². The molecule has 0 amide bonds. The van der Waals surface area contributed by atoms with Crippen LogP contribution in [0.15, 0.2) is 42.6 Å². The fraction of sp³-hybridized carbons (Fsp3) is 0.393. The van der Waals surface area contributed by atoms with E-state index in [1.165, 1.54) is 6.07 Å². The molecule has 0 saturated carbocycles. The van der Waals surface area contributed by atoms with Gasteiger partial charge in [0, 0.05) is 28.8 Å². The van der Waals surface area contributed by atoms with Gasteiger partial charge in [-0.1, -0.05) is 35.0 Å². The first-order valence-corrected chi connectivity index (χ1v) is 12.7. The fourth-order valence-corrected chi connectivity index (χ4v) is 5.17. The number of pyridine rings is 1. The zero-order valence-corrected chi connectivity index (χ0v) is 21.6. The van der Waals surface area contributed by atoms with Gasteiger partial charge in [0.25, 0.3) is 0 Å². The minimum Gasteiger partial charge on any atom is -0.497 e. The normalized spacial score (nSPS) is 16.4. The van der Waals surface area contributed by atoms with Crippen LogP contribution in [0.25, 0.3) is 10.9 Å². The summed E-state index contributed by atoms with van der Waals surface area (Å²) in [7, 11) is 1.59. The van der Waals surface area contributed by atoms with Crippen molar-refractivity contribution in [1.82, 2.24) is 9.88 Å². The smallest absolute Gasteiger partial charge is 0.140 e. The van der Waals surface area contributed by atoms with Crippen LogP contribution in [-0.4, -0.2) is 53.4 Å². The molecule has 5 nitrogen and oxygen atoms in total. The van der Waals surface area contributed by atoms with Crippen molar-refractivity contribution in [1.29, 1.82) is 0 Å². The van der Waals surface area contributed by atoms with Crippen molar-refractivity contribution in [3.8, 4) is 17.6 Å². The molecule has 0 radical (unpaired) electrons. The Balaban J connectivity index is 1.38. The Kier molecular flexibility index (Phi) is 8.71. The van der Waals surface area contributed by atoms with Gasteiger partial charge in [0.05, 0.1) is 35.9 Å². The molecule has 2 aromatic carbocycles. The molecule has 1 fully saturated rings. The lowest BCUT2D eigenvalue weighted by molar-refractivity contribution is 0.0273. The van der Waals surface area contributed by atoms with Crippen LogP contribution in [-0.2, 0) is 0 Å². The van der Waals surface area contributed by atoms with Gasteiger partial charge in [0.15, 0.2) is 0 Å². The molecule has 0 spiro atoms. The SMILES string of the molecule is COc1ccc2ncc(Cl)c([C@H](O)CCC3(CO)CCN(CC#Cc4ccc(Cl)cc4F)CC3)c2c1. The van der Waals surface area contributed by atoms with Crippen LogP contribution < -0.4 is 4.74 Å². The van der Waals surface area contributed by atoms with E-state index in [1.54, 1.807) is 25.4 Å². The fourth-order valence-electron chi connectivity index (χ4n) is 4.73. The van der Waals surface area contributed by atoms with Crippen LogP contribution in [0.4, 0.5) is 4.39 Å². The zero-order valence-electron chi connectivity index (χ0n) is 20.1. The van der Waals surface area contributed by atoms with E-state index in [2.05, 4.69) is 21.7 Å². The molecule has 1 aliphatic heterocycles. The number of rotatable bonds is 7. The van der Waals surface area contributed by atoms with Crippen LogP contribution in [0, 0.1) is 23.1 Å². The van der Waals surface area contributed by atoms with E-state index in [4.69, 9.17) is 27.9 Å². The number of hydrogen-bond donors (Lipinski definition) is 2. The van der Waals surface area contributed by atoms with Crippen molar-refractivity contribution >= 4 is 34.1 Å². The van der Waals surface area contributed by atoms with Crippen molar-refractivity contribution in [3.05, 3.63) is 69.6 Å². The maximum atomic E-state index is 13.9. The first-order chi connectivity index (χ1) is 17.3. The van der Waals surface area contributed by atoms with Gasteiger partial charge in [0.1, 0.15) is 11.6 Å². The molecule has 4 rings (SSSR count). The first-order valence-electron chi connectivity index (χ1n) is 11.9. The highest BCUT2D eigenvalue weighted by Crippen LogP contribution is 2.40. The molecule has 3 aromatic rings. The summed E-state index contributed by atoms with van der Waals surface area (Å²) in [6.45, 7) is 2.11. The summed E-state index contributed by atoms with van der Waals surface area (Å²) in [4.78, 5) is 6.56. The molecule has 0 aliphatic carbocycles. The first kappa shape index (κ1) is 26.7. The van der Waals surface area contributed by atoms with Crippen LogP contribution in [0.3, 0.4) is 0 Å². The lowest BCUT2D eigenvalue weighted by atomic mass is 9.74. The van der Waals surface area contributed by atoms with Gasteiger partial charge in [0.2, 0.25) is 0 Å². The van der Waals surface area contributed by atoms with E-state index in [9.17, 15) is 14.6 Å². The molecule has 36 heavy (non-hydrogen) atoms. The Labute approximate surface area is 220 Å². The third kappa shape index (κ3) is 6.11. The monoisotopic (exact) mass is 530 g/mol. The molecule has 1 aromatic heterocycles. The second-order valence-electron chi connectivity index (χ2n) is 9.32. The number of benzene rings is 2. The van der Waals surface area contributed by atoms with E-state index in [0.717, 1.165) is 36.8 Å². The minimum atomic E-state index is -0.795. The summed E-state index contributed by atoms with van der Waals surface area (Å²) < 4.78 is 19.3. The number of nitrogens with zero attached hydrogens (tertiary/aromatic N) is 2. The van der Waals surface area contributed by atoms with Crippen LogP contribution in [0.2, 0.25) is 10.0 Å². The quantitative estimate of drug-likeness (QED) is 0.387. The highest BCUT2D eigenvalue weighted by Gasteiger charge is 2.34. The van der Waals surface area contributed by atoms with Gasteiger partial charge in [-0.25, -0.2) is 4.39 Å². The number of aliphatic hydroxyl groups excluding tert-OH is 2. The molecule has 190 valence electrons. The molecular formula is C28H29Cl2FN2O3. The Morgan fingerprint density at radius 3 is 2.67 bits per heavy atom. The average Bonchev–Trinajstić information content (AvgIpc) is 2.89. The number of likely N-dealkylation sites (tertiary alicyclic amines) is 1. The molecule has 0 unspecified atom stereocenters. The van der Waals surface area contributed by atoms with Crippen molar-refractivity contribution < 1.29 is 19.3 Å². The average molecular weight is 531 g/mol. The van der Waals surface area contributed by atoms with Crippen molar-refractivity contribution in [3.63, 3.8) is 0 Å². The third-order valence-corrected chi connectivity index (χ3v) is 7.59. The number of piperidine rings is 1. The Morgan fingerprint density at radius 1 is 1.19 bits per heavy atom. The summed E-state index contributed by atoms with van der Waals surface area (Å²) in [5.41, 5.74) is 1.42. The zero-order chi connectivity index (χ0) is 25.7. The molecule has 8 heteroatoms. The Morgan fingerprint density at radius 2 is 1.97 bits per heavy atom. The van der Waals surface area contributed by atoms with Crippen molar-refractivity contribution in [2.24, 2.45) is 5.41 Å². The van der Waals surface area contributed by atoms with Gasteiger partial charge >= 0.3 is 0 Å². The van der Waals surface area contributed by atoms with E-state index in [0.29, 0.717) is 46.3 Å². The summed E-state index contributed by atoms with van der Waals surface area (Å²) in [5.74, 6) is 6.16. The van der Waals surface area contributed by atoms with Crippen molar-refractivity contribution in [2.45, 2.75) is 31.8 Å². The van der Waals surface area contributed by atoms with E-state index < -0.39 is 11.9 Å². The Bertz CT molecular complexity index is 1280. The summed E-state index contributed by atoms with van der Waals surface area (Å²) in [6, 6.07) is 9.97. The highest BCUT2D eigenvalue weighted by atomic mass is 35.5. The van der Waals surface area contributed by atoms with Crippen LogP contribution in [0.5, 0.6) is 5.75 Å². The molecule has 2 heterocycles. The maximum Gasteiger partial charge on any atom is 0.140 e. The largest absolute Gasteiger partial charge is 0.497 e. The summed E-state index contributed by atoms with van der Waals surface area (Å²) in [5, 5.41) is 22.9. The molecular weight excluding hydrogens is 502 g/mol. The number of methoxy groups -OCH3 is 1. The maximum absolute atomic E-state index is 13.9. The number of aromatic nitrogens is 1. The lowest BCUT2D eigenvalue weighted by Crippen LogP contribution is -2.42. The topological polar surface area (TPSA) is 65.8 Å². The van der Waals surface area contributed by atoms with E-state index >= 15 is 0 Å². The number of ether oxygens (including phenoxy) is 1. The highest BCUT2D eigenvalue weighted by molar-refractivity contribution is 6.32. The molecule has 1 saturated heterocycles. The number of halogens is 3. The summed E-state index contributed by atoms with van der Waals surface area (Å²) in [6.07, 6.45) is 3.46. The standard InChI is InChI=1S/C28H29Cl2FN2O3/c1-36-21-6-7-25-22(16-21)27(23(30)17-32-25)26(35)8-9-28(18-34)10-13-33(14-11-28)12-2-3-19-4-5-20(29)15-24(19)31/h4-7,15-17,26,34-35H,8-14,18H2,1H3/t26-/m1/s1. The Hall–Kier alpha value is -2.40. The predicted octanol–water partition coefficient (Wildman–Crippen LogP) is 5.63. The second kappa shape index (κ2) is 11.8. The van der Waals surface area contributed by atoms with E-state index in [-0.39, 0.29) is 12.0 Å². The summed E-state index contributed by atoms with van der Waals surface area (Å²) >= 11 is 12.2. The minimum absolute atomic E-state index is 0.0495. The third-order valence-electron chi connectivity index (χ3n) is 7.06. The van der Waals surface area contributed by atoms with Gasteiger partial charge in [-0.15, -0.1) is 0 Å². The number of fused-ring (bicyclic) bond motifs is 1. The molecule has 0 bridgehead atoms. The number of hydrogen-bond acceptors (Lipinski definition) is 5. The lowest BCUT2D eigenvalue weighted by Gasteiger charge is -2.40. The van der Waals surface area contributed by atoms with Gasteiger partial charge in [-0.3, -0.25) is 9.88 Å². The van der Waals surface area contributed by atoms with E-state index in [1.807, 2.05) is 18.2 Å². The van der Waals surface area contributed by atoms with Crippen LogP contribution in [0.1, 0.15) is 42.9 Å². The second-order valence-corrected chi connectivity index (χ2v) is 10.2. The van der Waals surface area contributed by atoms with Gasteiger partial charge < -0.3 is 14.9 Å². The predicted molar refractivity (Wildman–Crippen MR) is 141 cm³/mol. The number of aliphatic hydroxyl groups is 2.